The van der Waals surface area contributed by atoms with Crippen LogP contribution in [0.1, 0.15) is 10.4 Å². The summed E-state index contributed by atoms with van der Waals surface area (Å²) in [7, 11) is 1.82. The van der Waals surface area contributed by atoms with Crippen LogP contribution in [0.5, 0.6) is 0 Å². The van der Waals surface area contributed by atoms with Crippen molar-refractivity contribution in [2.75, 3.05) is 11.1 Å². The number of hydrogen-bond acceptors (Lipinski definition) is 5. The van der Waals surface area contributed by atoms with Crippen molar-refractivity contribution >= 4 is 40.9 Å². The van der Waals surface area contributed by atoms with Crippen LogP contribution in [0.4, 0.5) is 5.69 Å². The molecule has 0 aliphatic carbocycles. The monoisotopic (exact) mass is 401 g/mol. The van der Waals surface area contributed by atoms with Gasteiger partial charge in [0.25, 0.3) is 0 Å². The number of anilines is 1. The second kappa shape index (κ2) is 8.24. The molecule has 0 saturated heterocycles. The maximum absolute atomic E-state index is 12.1. The van der Waals surface area contributed by atoms with E-state index in [2.05, 4.69) is 15.5 Å². The summed E-state index contributed by atoms with van der Waals surface area (Å²) in [5.74, 6) is 0.0752. The molecule has 1 aromatic heterocycles. The molecular formula is C18H16ClN5O2S. The number of halogens is 1. The quantitative estimate of drug-likeness (QED) is 0.618. The number of nitrogens with two attached hydrogens (primary N) is 1. The number of aromatic nitrogens is 3. The van der Waals surface area contributed by atoms with Gasteiger partial charge >= 0.3 is 0 Å². The van der Waals surface area contributed by atoms with Crippen LogP contribution in [0.3, 0.4) is 0 Å². The lowest BCUT2D eigenvalue weighted by molar-refractivity contribution is -0.113. The van der Waals surface area contributed by atoms with Gasteiger partial charge in [-0.3, -0.25) is 9.59 Å². The molecule has 0 saturated carbocycles. The van der Waals surface area contributed by atoms with E-state index in [4.69, 9.17) is 17.3 Å². The highest BCUT2D eigenvalue weighted by molar-refractivity contribution is 7.99. The molecule has 0 atom stereocenters. The summed E-state index contributed by atoms with van der Waals surface area (Å²) in [4.78, 5) is 23.2. The lowest BCUT2D eigenvalue weighted by Crippen LogP contribution is -2.15. The Morgan fingerprint density at radius 1 is 1.15 bits per heavy atom. The van der Waals surface area contributed by atoms with Gasteiger partial charge in [0.2, 0.25) is 11.8 Å². The molecule has 138 valence electrons. The number of nitrogens with zero attached hydrogens (tertiary/aromatic N) is 3. The zero-order chi connectivity index (χ0) is 19.4. The van der Waals surface area contributed by atoms with Crippen LogP contribution in [0.25, 0.3) is 11.4 Å². The molecule has 0 aliphatic heterocycles. The minimum atomic E-state index is -0.514. The normalized spacial score (nSPS) is 10.6. The molecule has 9 heteroatoms. The third-order valence-electron chi connectivity index (χ3n) is 3.74. The first-order valence-corrected chi connectivity index (χ1v) is 9.29. The van der Waals surface area contributed by atoms with Crippen LogP contribution in [0, 0.1) is 0 Å². The van der Waals surface area contributed by atoms with Gasteiger partial charge in [-0.05, 0) is 36.4 Å². The third-order valence-corrected chi connectivity index (χ3v) is 5.09. The fraction of sp³-hybridized carbons (Fsp3) is 0.111. The Labute approximate surface area is 164 Å². The van der Waals surface area contributed by atoms with Crippen LogP contribution >= 0.6 is 23.4 Å². The van der Waals surface area contributed by atoms with Gasteiger partial charge in [-0.2, -0.15) is 0 Å². The van der Waals surface area contributed by atoms with Crippen LogP contribution in [-0.2, 0) is 11.8 Å². The molecule has 0 unspecified atom stereocenters. The molecule has 3 rings (SSSR count). The molecule has 3 aromatic rings. The second-order valence-electron chi connectivity index (χ2n) is 5.62. The first kappa shape index (κ1) is 18.9. The Hall–Kier alpha value is -2.84. The summed E-state index contributed by atoms with van der Waals surface area (Å²) in [5.41, 5.74) is 6.94. The highest BCUT2D eigenvalue weighted by Crippen LogP contribution is 2.28. The van der Waals surface area contributed by atoms with Gasteiger partial charge in [0.05, 0.1) is 10.8 Å². The predicted octanol–water partition coefficient (Wildman–Crippen LogP) is 2.97. The predicted molar refractivity (Wildman–Crippen MR) is 106 cm³/mol. The van der Waals surface area contributed by atoms with Crippen molar-refractivity contribution in [2.24, 2.45) is 12.8 Å². The lowest BCUT2D eigenvalue weighted by Gasteiger charge is -2.07. The molecule has 2 aromatic carbocycles. The molecule has 3 N–H and O–H groups in total. The minimum absolute atomic E-state index is 0.159. The van der Waals surface area contributed by atoms with Gasteiger partial charge in [-0.1, -0.05) is 35.5 Å². The van der Waals surface area contributed by atoms with Crippen molar-refractivity contribution in [2.45, 2.75) is 5.16 Å². The number of carbonyl (C=O) groups is 2. The van der Waals surface area contributed by atoms with E-state index in [0.717, 1.165) is 5.56 Å². The number of benzene rings is 2. The van der Waals surface area contributed by atoms with Crippen LogP contribution in [0.15, 0.2) is 53.7 Å². The number of rotatable bonds is 6. The summed E-state index contributed by atoms with van der Waals surface area (Å²) in [6, 6.07) is 13.7. The number of nitrogens with one attached hydrogen (secondary N) is 1. The van der Waals surface area contributed by atoms with Gasteiger partial charge in [0, 0.05) is 23.9 Å². The van der Waals surface area contributed by atoms with Crippen molar-refractivity contribution in [1.82, 2.24) is 14.8 Å². The Balaban J connectivity index is 1.62. The summed E-state index contributed by atoms with van der Waals surface area (Å²) in [6.45, 7) is 0. The first-order chi connectivity index (χ1) is 13.0. The Bertz CT molecular complexity index is 988. The van der Waals surface area contributed by atoms with Crippen molar-refractivity contribution in [3.05, 3.63) is 59.1 Å². The lowest BCUT2D eigenvalue weighted by atomic mass is 10.2. The smallest absolute Gasteiger partial charge is 0.248 e. The topological polar surface area (TPSA) is 103 Å². The van der Waals surface area contributed by atoms with E-state index in [9.17, 15) is 9.59 Å². The number of amides is 2. The van der Waals surface area contributed by atoms with Crippen LogP contribution in [-0.4, -0.2) is 32.3 Å². The SMILES string of the molecule is Cn1c(SCC(=O)Nc2ccc(C(N)=O)cc2)nnc1-c1ccccc1Cl. The van der Waals surface area contributed by atoms with Crippen molar-refractivity contribution in [3.8, 4) is 11.4 Å². The van der Waals surface area contributed by atoms with Gasteiger partial charge in [-0.15, -0.1) is 10.2 Å². The second-order valence-corrected chi connectivity index (χ2v) is 6.97. The van der Waals surface area contributed by atoms with Crippen molar-refractivity contribution < 1.29 is 9.59 Å². The van der Waals surface area contributed by atoms with E-state index < -0.39 is 5.91 Å². The Kier molecular flexibility index (Phi) is 5.78. The fourth-order valence-corrected chi connectivity index (χ4v) is 3.29. The van der Waals surface area contributed by atoms with E-state index >= 15 is 0 Å². The number of carbonyl (C=O) groups excluding carboxylic acids is 2. The Morgan fingerprint density at radius 3 is 2.52 bits per heavy atom. The molecule has 0 aliphatic rings. The van der Waals surface area contributed by atoms with Gasteiger partial charge < -0.3 is 15.6 Å². The van der Waals surface area contributed by atoms with Gasteiger partial charge in [0.1, 0.15) is 0 Å². The third kappa shape index (κ3) is 4.47. The molecule has 0 radical (unpaired) electrons. The molecular weight excluding hydrogens is 386 g/mol. The van der Waals surface area contributed by atoms with Crippen molar-refractivity contribution in [1.29, 1.82) is 0 Å². The minimum Gasteiger partial charge on any atom is -0.366 e. The summed E-state index contributed by atoms with van der Waals surface area (Å²) in [6.07, 6.45) is 0. The van der Waals surface area contributed by atoms with E-state index in [1.165, 1.54) is 11.8 Å². The molecule has 2 amide bonds. The Morgan fingerprint density at radius 2 is 1.85 bits per heavy atom. The highest BCUT2D eigenvalue weighted by Gasteiger charge is 2.15. The van der Waals surface area contributed by atoms with Gasteiger partial charge in [-0.25, -0.2) is 0 Å². The molecule has 0 fully saturated rings. The van der Waals surface area contributed by atoms with Gasteiger partial charge in [0.15, 0.2) is 11.0 Å². The summed E-state index contributed by atoms with van der Waals surface area (Å²) in [5, 5.41) is 12.2. The zero-order valence-corrected chi connectivity index (χ0v) is 15.9. The maximum Gasteiger partial charge on any atom is 0.248 e. The fourth-order valence-electron chi connectivity index (χ4n) is 2.36. The number of hydrogen-bond donors (Lipinski definition) is 2. The van der Waals surface area contributed by atoms with Crippen LogP contribution < -0.4 is 11.1 Å². The number of primary amides is 1. The van der Waals surface area contributed by atoms with E-state index in [-0.39, 0.29) is 11.7 Å². The average molecular weight is 402 g/mol. The molecule has 27 heavy (non-hydrogen) atoms. The largest absolute Gasteiger partial charge is 0.366 e. The summed E-state index contributed by atoms with van der Waals surface area (Å²) >= 11 is 7.47. The molecule has 1 heterocycles. The summed E-state index contributed by atoms with van der Waals surface area (Å²) < 4.78 is 1.79. The molecule has 7 nitrogen and oxygen atoms in total. The number of thioether (sulfide) groups is 1. The molecule has 0 bridgehead atoms. The van der Waals surface area contributed by atoms with Crippen LogP contribution in [0.2, 0.25) is 5.02 Å². The molecule has 0 spiro atoms. The average Bonchev–Trinajstić information content (AvgIpc) is 3.01. The first-order valence-electron chi connectivity index (χ1n) is 7.92. The van der Waals surface area contributed by atoms with E-state index in [1.54, 1.807) is 34.9 Å². The van der Waals surface area contributed by atoms with E-state index in [1.807, 2.05) is 25.2 Å². The standard InChI is InChI=1S/C18H16ClN5O2S/c1-24-17(13-4-2-3-5-14(13)19)22-23-18(24)27-10-15(25)21-12-8-6-11(7-9-12)16(20)26/h2-9H,10H2,1H3,(H2,20,26)(H,21,25). The maximum atomic E-state index is 12.1. The highest BCUT2D eigenvalue weighted by atomic mass is 35.5. The zero-order valence-electron chi connectivity index (χ0n) is 14.3. The van der Waals surface area contributed by atoms with Crippen molar-refractivity contribution in [3.63, 3.8) is 0 Å². The van der Waals surface area contributed by atoms with E-state index in [0.29, 0.717) is 27.3 Å².